The van der Waals surface area contributed by atoms with Gasteiger partial charge < -0.3 is 0 Å². The molecule has 0 bridgehead atoms. The van der Waals surface area contributed by atoms with Crippen molar-refractivity contribution >= 4 is 54.0 Å². The lowest BCUT2D eigenvalue weighted by Gasteiger charge is -2.07. The molecule has 0 saturated carbocycles. The summed E-state index contributed by atoms with van der Waals surface area (Å²) in [6, 6.07) is 17.3. The molecule has 0 aliphatic rings. The van der Waals surface area contributed by atoms with Crippen LogP contribution in [-0.4, -0.2) is 0 Å². The van der Waals surface area contributed by atoms with Crippen LogP contribution in [0.1, 0.15) is 5.56 Å². The van der Waals surface area contributed by atoms with Gasteiger partial charge in [-0.15, -0.1) is 11.3 Å². The van der Waals surface area contributed by atoms with Crippen LogP contribution in [0.15, 0.2) is 52.3 Å². The second-order valence-electron chi connectivity index (χ2n) is 4.06. The van der Waals surface area contributed by atoms with Gasteiger partial charge >= 0.3 is 0 Å². The summed E-state index contributed by atoms with van der Waals surface area (Å²) in [7, 11) is 0. The molecule has 1 aromatic heterocycles. The van der Waals surface area contributed by atoms with Gasteiger partial charge in [-0.3, -0.25) is 0 Å². The van der Waals surface area contributed by atoms with Crippen LogP contribution in [-0.2, 0) is 5.33 Å². The van der Waals surface area contributed by atoms with Gasteiger partial charge in [0.15, 0.2) is 0 Å². The maximum Gasteiger partial charge on any atom is 0.0705 e. The molecular formula is C15H10Br2S. The Morgan fingerprint density at radius 1 is 0.889 bits per heavy atom. The van der Waals surface area contributed by atoms with E-state index < -0.39 is 0 Å². The quantitative estimate of drug-likeness (QED) is 0.462. The molecule has 1 heterocycles. The molecule has 0 spiro atoms. The van der Waals surface area contributed by atoms with Crippen molar-refractivity contribution < 1.29 is 0 Å². The minimum Gasteiger partial charge on any atom is -0.128 e. The number of hydrogen-bond acceptors (Lipinski definition) is 1. The van der Waals surface area contributed by atoms with Gasteiger partial charge in [0.2, 0.25) is 0 Å². The van der Waals surface area contributed by atoms with E-state index in [1.165, 1.54) is 30.6 Å². The molecule has 0 aliphatic carbocycles. The smallest absolute Gasteiger partial charge is 0.0705 e. The maximum absolute atomic E-state index is 3.56. The van der Waals surface area contributed by atoms with Crippen molar-refractivity contribution in [2.24, 2.45) is 0 Å². The fourth-order valence-electron chi connectivity index (χ4n) is 2.17. The first kappa shape index (κ1) is 12.4. The molecule has 0 aliphatic heterocycles. The van der Waals surface area contributed by atoms with Crippen LogP contribution in [0.5, 0.6) is 0 Å². The molecular weight excluding hydrogens is 372 g/mol. The molecule has 3 rings (SSSR count). The molecule has 0 saturated heterocycles. The van der Waals surface area contributed by atoms with Crippen LogP contribution in [0.3, 0.4) is 0 Å². The minimum absolute atomic E-state index is 0.891. The summed E-state index contributed by atoms with van der Waals surface area (Å²) in [5.74, 6) is 0. The lowest BCUT2D eigenvalue weighted by Crippen LogP contribution is -1.83. The molecule has 2 aromatic carbocycles. The lowest BCUT2D eigenvalue weighted by molar-refractivity contribution is 1.49. The van der Waals surface area contributed by atoms with Crippen LogP contribution < -0.4 is 0 Å². The second kappa shape index (κ2) is 5.16. The molecule has 0 nitrogen and oxygen atoms in total. The molecule has 0 radical (unpaired) electrons. The average molecular weight is 382 g/mol. The van der Waals surface area contributed by atoms with Crippen molar-refractivity contribution in [3.05, 3.63) is 57.9 Å². The Balaban J connectivity index is 2.30. The van der Waals surface area contributed by atoms with Gasteiger partial charge in [-0.25, -0.2) is 0 Å². The molecule has 0 N–H and O–H groups in total. The van der Waals surface area contributed by atoms with Crippen molar-refractivity contribution in [2.75, 3.05) is 0 Å². The molecule has 90 valence electrons. The van der Waals surface area contributed by atoms with Crippen molar-refractivity contribution in [3.63, 3.8) is 0 Å². The van der Waals surface area contributed by atoms with Gasteiger partial charge in [0.25, 0.3) is 0 Å². The first-order valence-corrected chi connectivity index (χ1v) is 8.35. The summed E-state index contributed by atoms with van der Waals surface area (Å²) in [4.78, 5) is 1.30. The first-order chi connectivity index (χ1) is 8.79. The van der Waals surface area contributed by atoms with Gasteiger partial charge in [-0.1, -0.05) is 52.3 Å². The lowest BCUT2D eigenvalue weighted by atomic mass is 10.00. The average Bonchev–Trinajstić information content (AvgIpc) is 2.84. The molecule has 0 atom stereocenters. The summed E-state index contributed by atoms with van der Waals surface area (Å²) in [5.41, 5.74) is 2.65. The van der Waals surface area contributed by atoms with E-state index in [0.717, 1.165) is 5.33 Å². The summed E-state index contributed by atoms with van der Waals surface area (Å²) in [5, 5.41) is 3.54. The predicted molar refractivity (Wildman–Crippen MR) is 87.6 cm³/mol. The fourth-order valence-corrected chi connectivity index (χ4v) is 4.08. The third-order valence-corrected chi connectivity index (χ3v) is 5.26. The number of halogens is 2. The number of hydrogen-bond donors (Lipinski definition) is 0. The standard InChI is InChI=1S/C15H10Br2S/c16-9-10-3-1-5-12-11(10)4-2-6-13(12)14-7-8-15(17)18-14/h1-8H,9H2. The Labute approximate surface area is 127 Å². The zero-order valence-electron chi connectivity index (χ0n) is 9.49. The number of alkyl halides is 1. The highest BCUT2D eigenvalue weighted by molar-refractivity contribution is 9.11. The van der Waals surface area contributed by atoms with E-state index in [1.807, 2.05) is 0 Å². The van der Waals surface area contributed by atoms with Gasteiger partial charge in [0, 0.05) is 10.2 Å². The highest BCUT2D eigenvalue weighted by Crippen LogP contribution is 2.36. The van der Waals surface area contributed by atoms with Crippen LogP contribution in [0.25, 0.3) is 21.2 Å². The van der Waals surface area contributed by atoms with Gasteiger partial charge in [0.05, 0.1) is 3.79 Å². The summed E-state index contributed by atoms with van der Waals surface area (Å²) < 4.78 is 1.17. The number of fused-ring (bicyclic) bond motifs is 1. The summed E-state index contributed by atoms with van der Waals surface area (Å²) in [6.45, 7) is 0. The first-order valence-electron chi connectivity index (χ1n) is 5.62. The SMILES string of the molecule is BrCc1cccc2c(-c3ccc(Br)s3)cccc12. The molecule has 3 heteroatoms. The van der Waals surface area contributed by atoms with Gasteiger partial charge in [0.1, 0.15) is 0 Å². The Morgan fingerprint density at radius 2 is 1.67 bits per heavy atom. The number of benzene rings is 2. The summed E-state index contributed by atoms with van der Waals surface area (Å²) >= 11 is 8.87. The number of thiophene rings is 1. The normalized spacial score (nSPS) is 11.0. The largest absolute Gasteiger partial charge is 0.128 e. The molecule has 0 unspecified atom stereocenters. The minimum atomic E-state index is 0.891. The second-order valence-corrected chi connectivity index (χ2v) is 7.08. The third-order valence-electron chi connectivity index (χ3n) is 3.00. The van der Waals surface area contributed by atoms with Gasteiger partial charge in [-0.2, -0.15) is 0 Å². The molecule has 18 heavy (non-hydrogen) atoms. The zero-order chi connectivity index (χ0) is 12.5. The van der Waals surface area contributed by atoms with E-state index in [9.17, 15) is 0 Å². The van der Waals surface area contributed by atoms with Crippen LogP contribution in [0.4, 0.5) is 0 Å². The Kier molecular flexibility index (Phi) is 3.55. The highest BCUT2D eigenvalue weighted by Gasteiger charge is 2.07. The molecule has 0 fully saturated rings. The van der Waals surface area contributed by atoms with E-state index in [-0.39, 0.29) is 0 Å². The Morgan fingerprint density at radius 3 is 2.39 bits per heavy atom. The van der Waals surface area contributed by atoms with Crippen molar-refractivity contribution in [2.45, 2.75) is 5.33 Å². The van der Waals surface area contributed by atoms with Crippen LogP contribution in [0, 0.1) is 0 Å². The number of rotatable bonds is 2. The van der Waals surface area contributed by atoms with Crippen LogP contribution in [0.2, 0.25) is 0 Å². The highest BCUT2D eigenvalue weighted by atomic mass is 79.9. The molecule has 0 amide bonds. The van der Waals surface area contributed by atoms with Crippen LogP contribution >= 0.6 is 43.2 Å². The maximum atomic E-state index is 3.56. The third kappa shape index (κ3) is 2.15. The Bertz CT molecular complexity index is 701. The van der Waals surface area contributed by atoms with Crippen molar-refractivity contribution in [1.82, 2.24) is 0 Å². The summed E-state index contributed by atoms with van der Waals surface area (Å²) in [6.07, 6.45) is 0. The Hall–Kier alpha value is -0.640. The van der Waals surface area contributed by atoms with E-state index in [4.69, 9.17) is 0 Å². The fraction of sp³-hybridized carbons (Fsp3) is 0.0667. The predicted octanol–water partition coefficient (Wildman–Crippen LogP) is 6.23. The van der Waals surface area contributed by atoms with E-state index in [2.05, 4.69) is 80.4 Å². The zero-order valence-corrected chi connectivity index (χ0v) is 13.5. The van der Waals surface area contributed by atoms with Gasteiger partial charge in [-0.05, 0) is 50.0 Å². The molecule has 3 aromatic rings. The topological polar surface area (TPSA) is 0 Å². The monoisotopic (exact) mass is 380 g/mol. The van der Waals surface area contributed by atoms with Crippen molar-refractivity contribution in [3.8, 4) is 10.4 Å². The van der Waals surface area contributed by atoms with E-state index in [1.54, 1.807) is 11.3 Å². The van der Waals surface area contributed by atoms with E-state index in [0.29, 0.717) is 0 Å². The van der Waals surface area contributed by atoms with Crippen molar-refractivity contribution in [1.29, 1.82) is 0 Å². The van der Waals surface area contributed by atoms with E-state index >= 15 is 0 Å².